The zero-order valence-corrected chi connectivity index (χ0v) is 15.1. The largest absolute Gasteiger partial charge is 0.390 e. The molecule has 0 radical (unpaired) electrons. The molecule has 0 aromatic heterocycles. The number of amides is 1. The molecule has 0 saturated carbocycles. The lowest BCUT2D eigenvalue weighted by Crippen LogP contribution is -2.62. The summed E-state index contributed by atoms with van der Waals surface area (Å²) in [5.41, 5.74) is -0.789. The number of β-amino-alcohol motifs (C(OH)–C–C–N with tert-alkyl or cyclic N) is 1. The van der Waals surface area contributed by atoms with E-state index in [4.69, 9.17) is 11.6 Å². The maximum atomic E-state index is 12.6. The molecule has 1 saturated heterocycles. The minimum Gasteiger partial charge on any atom is -0.390 e. The third-order valence-corrected chi connectivity index (χ3v) is 4.72. The third-order valence-electron chi connectivity index (χ3n) is 4.47. The average molecular weight is 355 g/mol. The average Bonchev–Trinajstić information content (AvgIpc) is 2.54. The number of piperidine rings is 1. The lowest BCUT2D eigenvalue weighted by Gasteiger charge is -2.42. The van der Waals surface area contributed by atoms with E-state index in [9.17, 15) is 15.0 Å². The molecule has 1 fully saturated rings. The van der Waals surface area contributed by atoms with Crippen molar-refractivity contribution in [2.45, 2.75) is 38.4 Å². The lowest BCUT2D eigenvalue weighted by atomic mass is 9.89. The number of benzene rings is 1. The van der Waals surface area contributed by atoms with Gasteiger partial charge in [-0.1, -0.05) is 25.4 Å². The highest BCUT2D eigenvalue weighted by Gasteiger charge is 2.42. The monoisotopic (exact) mass is 354 g/mol. The van der Waals surface area contributed by atoms with Crippen LogP contribution in [-0.2, 0) is 0 Å². The van der Waals surface area contributed by atoms with Gasteiger partial charge >= 0.3 is 0 Å². The van der Waals surface area contributed by atoms with Gasteiger partial charge in [-0.25, -0.2) is 0 Å². The first-order chi connectivity index (χ1) is 11.3. The van der Waals surface area contributed by atoms with Gasteiger partial charge in [-0.05, 0) is 49.6 Å². The quantitative estimate of drug-likeness (QED) is 0.682. The number of nitrogens with one attached hydrogen (secondary N) is 1. The molecule has 0 bridgehead atoms. The molecule has 0 aliphatic carbocycles. The Bertz CT molecular complexity index is 550. The first kappa shape index (κ1) is 19.2. The smallest absolute Gasteiger partial charge is 0.253 e. The summed E-state index contributed by atoms with van der Waals surface area (Å²) in [7, 11) is 0. The van der Waals surface area contributed by atoms with E-state index in [1.807, 2.05) is 0 Å². The normalized spacial score (nSPS) is 24.4. The Balaban J connectivity index is 1.98. The summed E-state index contributed by atoms with van der Waals surface area (Å²) < 4.78 is 0. The molecule has 3 N–H and O–H groups in total. The summed E-state index contributed by atoms with van der Waals surface area (Å²) in [6.07, 6.45) is 0.527. The number of aliphatic hydroxyl groups excluding tert-OH is 1. The van der Waals surface area contributed by atoms with Crippen molar-refractivity contribution in [2.24, 2.45) is 5.92 Å². The highest BCUT2D eigenvalue weighted by molar-refractivity contribution is 6.30. The first-order valence-corrected chi connectivity index (χ1v) is 8.85. The minimum atomic E-state index is -1.32. The van der Waals surface area contributed by atoms with E-state index in [-0.39, 0.29) is 19.0 Å². The van der Waals surface area contributed by atoms with Crippen LogP contribution in [0, 0.1) is 5.92 Å². The summed E-state index contributed by atoms with van der Waals surface area (Å²) in [6.45, 7) is 5.86. The molecule has 1 aromatic rings. The van der Waals surface area contributed by atoms with Crippen molar-refractivity contribution in [1.82, 2.24) is 10.2 Å². The molecule has 24 heavy (non-hydrogen) atoms. The van der Waals surface area contributed by atoms with Crippen molar-refractivity contribution >= 4 is 17.5 Å². The highest BCUT2D eigenvalue weighted by atomic mass is 35.5. The van der Waals surface area contributed by atoms with E-state index in [0.29, 0.717) is 29.5 Å². The number of carbonyl (C=O) groups is 1. The number of halogens is 1. The van der Waals surface area contributed by atoms with Crippen LogP contribution < -0.4 is 5.32 Å². The molecule has 0 spiro atoms. The number of hydrogen-bond donors (Lipinski definition) is 3. The minimum absolute atomic E-state index is 0.115. The fourth-order valence-electron chi connectivity index (χ4n) is 2.88. The zero-order chi connectivity index (χ0) is 17.7. The molecule has 0 unspecified atom stereocenters. The number of rotatable bonds is 6. The summed E-state index contributed by atoms with van der Waals surface area (Å²) in [4.78, 5) is 14.2. The van der Waals surface area contributed by atoms with E-state index in [1.54, 1.807) is 29.2 Å². The van der Waals surface area contributed by atoms with Crippen molar-refractivity contribution < 1.29 is 15.0 Å². The second-order valence-electron chi connectivity index (χ2n) is 7.00. The predicted molar refractivity (Wildman–Crippen MR) is 95.3 cm³/mol. The Kier molecular flexibility index (Phi) is 6.63. The van der Waals surface area contributed by atoms with Gasteiger partial charge < -0.3 is 20.4 Å². The first-order valence-electron chi connectivity index (χ1n) is 8.48. The van der Waals surface area contributed by atoms with Gasteiger partial charge in [0.1, 0.15) is 5.60 Å². The van der Waals surface area contributed by atoms with Crippen LogP contribution >= 0.6 is 11.6 Å². The molecule has 2 atom stereocenters. The predicted octanol–water partition coefficient (Wildman–Crippen LogP) is 1.91. The molecule has 5 nitrogen and oxygen atoms in total. The third kappa shape index (κ3) is 4.93. The van der Waals surface area contributed by atoms with E-state index in [0.717, 1.165) is 13.0 Å². The van der Waals surface area contributed by atoms with Gasteiger partial charge in [0.15, 0.2) is 0 Å². The van der Waals surface area contributed by atoms with Gasteiger partial charge in [0.05, 0.1) is 12.6 Å². The summed E-state index contributed by atoms with van der Waals surface area (Å²) in [5, 5.41) is 24.8. The number of nitrogens with zero attached hydrogens (tertiary/aromatic N) is 1. The molecule has 1 heterocycles. The summed E-state index contributed by atoms with van der Waals surface area (Å²) in [5.74, 6) is 0.422. The van der Waals surface area contributed by atoms with Crippen molar-refractivity contribution in [3.05, 3.63) is 34.9 Å². The number of likely N-dealkylation sites (tertiary alicyclic amines) is 1. The Morgan fingerprint density at radius 2 is 2.08 bits per heavy atom. The standard InChI is InChI=1S/C18H27ClN2O3/c1-13(2)7-9-20-11-18(24)12-21(10-8-16(18)22)17(23)14-3-5-15(19)6-4-14/h3-6,13,16,20,22,24H,7-12H2,1-2H3/t16-,18+/m1/s1. The molecule has 1 amide bonds. The van der Waals surface area contributed by atoms with E-state index < -0.39 is 11.7 Å². The molecule has 1 aromatic carbocycles. The van der Waals surface area contributed by atoms with Crippen LogP contribution in [-0.4, -0.2) is 58.9 Å². The van der Waals surface area contributed by atoms with Gasteiger partial charge in [0, 0.05) is 23.7 Å². The van der Waals surface area contributed by atoms with Gasteiger partial charge in [0.2, 0.25) is 0 Å². The van der Waals surface area contributed by atoms with Crippen LogP contribution in [0.15, 0.2) is 24.3 Å². The molecular formula is C18H27ClN2O3. The Morgan fingerprint density at radius 3 is 2.71 bits per heavy atom. The Morgan fingerprint density at radius 1 is 1.42 bits per heavy atom. The van der Waals surface area contributed by atoms with Gasteiger partial charge in [-0.15, -0.1) is 0 Å². The molecule has 1 aliphatic heterocycles. The maximum Gasteiger partial charge on any atom is 0.253 e. The molecule has 2 rings (SSSR count). The van der Waals surface area contributed by atoms with Crippen molar-refractivity contribution in [3.8, 4) is 0 Å². The Labute approximate surface area is 148 Å². The Hall–Kier alpha value is -1.14. The van der Waals surface area contributed by atoms with E-state index in [2.05, 4.69) is 19.2 Å². The van der Waals surface area contributed by atoms with Gasteiger partial charge in [0.25, 0.3) is 5.91 Å². The van der Waals surface area contributed by atoms with Crippen LogP contribution in [0.4, 0.5) is 0 Å². The number of carbonyl (C=O) groups excluding carboxylic acids is 1. The molecule has 1 aliphatic rings. The maximum absolute atomic E-state index is 12.6. The number of aliphatic hydroxyl groups is 2. The topological polar surface area (TPSA) is 72.8 Å². The molecule has 6 heteroatoms. The van der Waals surface area contributed by atoms with E-state index in [1.165, 1.54) is 0 Å². The van der Waals surface area contributed by atoms with Gasteiger partial charge in [-0.3, -0.25) is 4.79 Å². The van der Waals surface area contributed by atoms with Crippen molar-refractivity contribution in [1.29, 1.82) is 0 Å². The van der Waals surface area contributed by atoms with Crippen LogP contribution in [0.25, 0.3) is 0 Å². The second kappa shape index (κ2) is 8.30. The highest BCUT2D eigenvalue weighted by Crippen LogP contribution is 2.23. The zero-order valence-electron chi connectivity index (χ0n) is 14.3. The second-order valence-corrected chi connectivity index (χ2v) is 7.44. The van der Waals surface area contributed by atoms with Crippen LogP contribution in [0.1, 0.15) is 37.0 Å². The van der Waals surface area contributed by atoms with Gasteiger partial charge in [-0.2, -0.15) is 0 Å². The van der Waals surface area contributed by atoms with Crippen LogP contribution in [0.2, 0.25) is 5.02 Å². The summed E-state index contributed by atoms with van der Waals surface area (Å²) >= 11 is 5.85. The SMILES string of the molecule is CC(C)CCNC[C@]1(O)CN(C(=O)c2ccc(Cl)cc2)CC[C@H]1O. The van der Waals surface area contributed by atoms with Crippen molar-refractivity contribution in [2.75, 3.05) is 26.2 Å². The lowest BCUT2D eigenvalue weighted by molar-refractivity contribution is -0.111. The van der Waals surface area contributed by atoms with Crippen molar-refractivity contribution in [3.63, 3.8) is 0 Å². The fraction of sp³-hybridized carbons (Fsp3) is 0.611. The van der Waals surface area contributed by atoms with Crippen LogP contribution in [0.5, 0.6) is 0 Å². The van der Waals surface area contributed by atoms with E-state index >= 15 is 0 Å². The molecule has 134 valence electrons. The van der Waals surface area contributed by atoms with Crippen LogP contribution in [0.3, 0.4) is 0 Å². The fourth-order valence-corrected chi connectivity index (χ4v) is 3.01. The molecular weight excluding hydrogens is 328 g/mol. The number of hydrogen-bond acceptors (Lipinski definition) is 4. The summed E-state index contributed by atoms with van der Waals surface area (Å²) in [6, 6.07) is 6.70.